The van der Waals surface area contributed by atoms with E-state index in [4.69, 9.17) is 32.2 Å². The van der Waals surface area contributed by atoms with Crippen LogP contribution in [0, 0.1) is 0 Å². The normalized spacial score (nSPS) is 13.9. The lowest BCUT2D eigenvalue weighted by Gasteiger charge is -2.40. The first-order valence-corrected chi connectivity index (χ1v) is 12.2. The number of rotatable bonds is 19. The van der Waals surface area contributed by atoms with Gasteiger partial charge in [0.05, 0.1) is 19.8 Å². The van der Waals surface area contributed by atoms with Crippen LogP contribution < -0.4 is 0 Å². The second-order valence-corrected chi connectivity index (χ2v) is 9.15. The van der Waals surface area contributed by atoms with Gasteiger partial charge in [-0.25, -0.2) is 0 Å². The fraction of sp³-hybridized carbons (Fsp3) is 1.00. The van der Waals surface area contributed by atoms with Crippen LogP contribution in [0.2, 0.25) is 0 Å². The molecule has 0 bridgehead atoms. The summed E-state index contributed by atoms with van der Waals surface area (Å²) in [5.74, 6) is 0. The van der Waals surface area contributed by atoms with E-state index < -0.39 is 15.0 Å². The second-order valence-electron chi connectivity index (χ2n) is 6.28. The van der Waals surface area contributed by atoms with E-state index in [1.807, 2.05) is 27.7 Å². The highest BCUT2D eigenvalue weighted by Crippen LogP contribution is 2.29. The maximum atomic E-state index is 6.32. The standard InChI is InChI=1S/C19H42O7Si/c1-8-13-17-22-18(12-5)27(20-6,21-7)26-19(23-14-9-2,24-15-10-3)25-16-11-4/h18H,8-17H2,1-7H3. The summed E-state index contributed by atoms with van der Waals surface area (Å²) >= 11 is 0. The van der Waals surface area contributed by atoms with Crippen LogP contribution >= 0.6 is 0 Å². The van der Waals surface area contributed by atoms with Crippen LogP contribution in [0.1, 0.15) is 73.1 Å². The minimum Gasteiger partial charge on any atom is -0.375 e. The summed E-state index contributed by atoms with van der Waals surface area (Å²) in [5.41, 5.74) is -0.334. The highest BCUT2D eigenvalue weighted by atomic mass is 28.4. The molecular formula is C19H42O7Si. The summed E-state index contributed by atoms with van der Waals surface area (Å²) in [6.07, 6.45) is 3.45. The molecule has 0 aromatic rings. The van der Waals surface area contributed by atoms with Crippen molar-refractivity contribution in [3.63, 3.8) is 0 Å². The van der Waals surface area contributed by atoms with E-state index in [2.05, 4.69) is 6.92 Å². The molecule has 7 nitrogen and oxygen atoms in total. The van der Waals surface area contributed by atoms with Crippen molar-refractivity contribution in [1.29, 1.82) is 0 Å². The highest BCUT2D eigenvalue weighted by Gasteiger charge is 2.56. The Balaban J connectivity index is 5.63. The molecule has 0 heterocycles. The summed E-state index contributed by atoms with van der Waals surface area (Å²) in [4.78, 5) is 0. The fourth-order valence-electron chi connectivity index (χ4n) is 2.40. The molecule has 1 unspecified atom stereocenters. The van der Waals surface area contributed by atoms with Crippen molar-refractivity contribution in [2.45, 2.75) is 85.0 Å². The first-order chi connectivity index (χ1) is 13.0. The molecule has 1 atom stereocenters. The van der Waals surface area contributed by atoms with Gasteiger partial charge >= 0.3 is 15.0 Å². The zero-order valence-corrected chi connectivity index (χ0v) is 19.5. The zero-order chi connectivity index (χ0) is 20.6. The Kier molecular flexibility index (Phi) is 15.8. The quantitative estimate of drug-likeness (QED) is 0.179. The maximum Gasteiger partial charge on any atom is 0.536 e. The molecule has 0 radical (unpaired) electrons. The molecule has 8 heteroatoms. The molecule has 0 aliphatic rings. The van der Waals surface area contributed by atoms with Crippen molar-refractivity contribution in [2.75, 3.05) is 40.6 Å². The van der Waals surface area contributed by atoms with Crippen molar-refractivity contribution in [1.82, 2.24) is 0 Å². The molecule has 0 spiro atoms. The lowest BCUT2D eigenvalue weighted by Crippen LogP contribution is -2.63. The average molecular weight is 411 g/mol. The van der Waals surface area contributed by atoms with Gasteiger partial charge in [-0.1, -0.05) is 41.0 Å². The molecule has 0 aromatic heterocycles. The van der Waals surface area contributed by atoms with Gasteiger partial charge in [0.1, 0.15) is 5.73 Å². The third-order valence-electron chi connectivity index (χ3n) is 3.87. The monoisotopic (exact) mass is 410 g/mol. The molecule has 27 heavy (non-hydrogen) atoms. The van der Waals surface area contributed by atoms with Crippen molar-refractivity contribution in [3.05, 3.63) is 0 Å². The van der Waals surface area contributed by atoms with E-state index >= 15 is 0 Å². The average Bonchev–Trinajstić information content (AvgIpc) is 2.70. The summed E-state index contributed by atoms with van der Waals surface area (Å²) < 4.78 is 41.7. The Labute approximate surface area is 167 Å². The molecule has 0 aliphatic heterocycles. The van der Waals surface area contributed by atoms with Crippen molar-refractivity contribution < 1.29 is 32.2 Å². The molecule has 0 fully saturated rings. The van der Waals surface area contributed by atoms with Crippen LogP contribution in [0.25, 0.3) is 0 Å². The van der Waals surface area contributed by atoms with Crippen LogP contribution in [0.15, 0.2) is 0 Å². The predicted molar refractivity (Wildman–Crippen MR) is 107 cm³/mol. The molecule has 0 saturated carbocycles. The Morgan fingerprint density at radius 2 is 1.19 bits per heavy atom. The van der Waals surface area contributed by atoms with Gasteiger partial charge in [0.15, 0.2) is 0 Å². The minimum absolute atomic E-state index is 0.334. The van der Waals surface area contributed by atoms with Gasteiger partial charge in [-0.05, 0) is 32.1 Å². The van der Waals surface area contributed by atoms with Gasteiger partial charge in [0, 0.05) is 20.8 Å². The summed E-state index contributed by atoms with van der Waals surface area (Å²) in [6.45, 7) is 12.1. The van der Waals surface area contributed by atoms with Gasteiger partial charge in [0.25, 0.3) is 0 Å². The molecule has 0 N–H and O–H groups in total. The first-order valence-electron chi connectivity index (χ1n) is 10.4. The number of hydrogen-bond donors (Lipinski definition) is 0. The van der Waals surface area contributed by atoms with E-state index in [9.17, 15) is 0 Å². The maximum absolute atomic E-state index is 6.32. The van der Waals surface area contributed by atoms with E-state index in [0.29, 0.717) is 32.8 Å². The molecule has 0 aliphatic carbocycles. The van der Waals surface area contributed by atoms with Crippen LogP contribution in [0.4, 0.5) is 0 Å². The topological polar surface area (TPSA) is 64.6 Å². The highest BCUT2D eigenvalue weighted by molar-refractivity contribution is 6.62. The van der Waals surface area contributed by atoms with E-state index in [-0.39, 0.29) is 5.73 Å². The lowest BCUT2D eigenvalue weighted by molar-refractivity contribution is -0.482. The van der Waals surface area contributed by atoms with Gasteiger partial charge in [0.2, 0.25) is 0 Å². The third kappa shape index (κ3) is 9.32. The van der Waals surface area contributed by atoms with E-state index in [0.717, 1.165) is 32.1 Å². The van der Waals surface area contributed by atoms with Crippen LogP contribution in [0.3, 0.4) is 0 Å². The molecular weight excluding hydrogens is 368 g/mol. The Morgan fingerprint density at radius 3 is 1.52 bits per heavy atom. The lowest BCUT2D eigenvalue weighted by atomic mass is 10.4. The summed E-state index contributed by atoms with van der Waals surface area (Å²) in [6, 6.07) is 0. The van der Waals surface area contributed by atoms with Gasteiger partial charge in [-0.3, -0.25) is 4.43 Å². The largest absolute Gasteiger partial charge is 0.536 e. The molecule has 0 aromatic carbocycles. The zero-order valence-electron chi connectivity index (χ0n) is 18.5. The van der Waals surface area contributed by atoms with Gasteiger partial charge in [-0.2, -0.15) is 0 Å². The second kappa shape index (κ2) is 15.8. The molecule has 0 amide bonds. The predicted octanol–water partition coefficient (Wildman–Crippen LogP) is 4.26. The fourth-order valence-corrected chi connectivity index (χ4v) is 4.74. The minimum atomic E-state index is -3.31. The summed E-state index contributed by atoms with van der Waals surface area (Å²) in [7, 11) is -0.155. The number of hydrogen-bond acceptors (Lipinski definition) is 7. The van der Waals surface area contributed by atoms with Gasteiger partial charge in [-0.15, -0.1) is 0 Å². The smallest absolute Gasteiger partial charge is 0.375 e. The summed E-state index contributed by atoms with van der Waals surface area (Å²) in [5, 5.41) is 0. The van der Waals surface area contributed by atoms with E-state index in [1.165, 1.54) is 0 Å². The van der Waals surface area contributed by atoms with Crippen molar-refractivity contribution in [3.8, 4) is 0 Å². The van der Waals surface area contributed by atoms with E-state index in [1.54, 1.807) is 14.2 Å². The number of ether oxygens (including phenoxy) is 4. The van der Waals surface area contributed by atoms with Gasteiger partial charge < -0.3 is 27.8 Å². The van der Waals surface area contributed by atoms with Crippen LogP contribution in [-0.4, -0.2) is 61.3 Å². The van der Waals surface area contributed by atoms with Crippen molar-refractivity contribution >= 4 is 8.80 Å². The van der Waals surface area contributed by atoms with Crippen LogP contribution in [0.5, 0.6) is 0 Å². The van der Waals surface area contributed by atoms with Crippen LogP contribution in [-0.2, 0) is 32.2 Å². The molecule has 0 rings (SSSR count). The Bertz CT molecular complexity index is 318. The molecule has 164 valence electrons. The first kappa shape index (κ1) is 26.9. The Hall–Kier alpha value is -0.0631. The third-order valence-corrected chi connectivity index (χ3v) is 6.90. The molecule has 0 saturated heterocycles. The Morgan fingerprint density at radius 1 is 0.704 bits per heavy atom. The number of unbranched alkanes of at least 4 members (excludes halogenated alkanes) is 1. The SMILES string of the molecule is CCCCOC(CC)[Si](OC)(OC)OC(OCCC)(OCCC)OCCC. The van der Waals surface area contributed by atoms with Crippen molar-refractivity contribution in [2.24, 2.45) is 0 Å².